The van der Waals surface area contributed by atoms with Crippen molar-refractivity contribution in [2.75, 3.05) is 0 Å². The predicted molar refractivity (Wildman–Crippen MR) is 50.2 cm³/mol. The third-order valence-corrected chi connectivity index (χ3v) is 2.64. The minimum Gasteiger partial charge on any atom is -0.478 e. The molecule has 0 aliphatic rings. The van der Waals surface area contributed by atoms with E-state index in [9.17, 15) is 18.0 Å². The highest BCUT2D eigenvalue weighted by atomic mass is 32.2. The van der Waals surface area contributed by atoms with Gasteiger partial charge in [-0.25, -0.2) is 9.59 Å². The van der Waals surface area contributed by atoms with Crippen LogP contribution in [0.25, 0.3) is 0 Å². The van der Waals surface area contributed by atoms with Gasteiger partial charge in [0.15, 0.2) is 0 Å². The second-order valence-corrected chi connectivity index (χ2v) is 4.15. The molecule has 0 aliphatic carbocycles. The standard InChI is InChI=1S/C8H6O7S/c9-7(10)4-2-1-3-5(16(13,14)15)6(4)8(11)12/h1-3H,(H,9,10)(H,11,12)(H,13,14,15). The minimum absolute atomic E-state index is 0.706. The number of carbonyl (C=O) groups is 2. The van der Waals surface area contributed by atoms with Crippen molar-refractivity contribution in [3.05, 3.63) is 29.3 Å². The maximum atomic E-state index is 10.8. The van der Waals surface area contributed by atoms with E-state index >= 15 is 0 Å². The zero-order valence-electron chi connectivity index (χ0n) is 7.61. The van der Waals surface area contributed by atoms with Crippen molar-refractivity contribution < 1.29 is 32.8 Å². The molecule has 0 atom stereocenters. The highest BCUT2D eigenvalue weighted by Crippen LogP contribution is 2.19. The van der Waals surface area contributed by atoms with E-state index in [2.05, 4.69) is 0 Å². The van der Waals surface area contributed by atoms with E-state index in [1.165, 1.54) is 0 Å². The van der Waals surface area contributed by atoms with Gasteiger partial charge in [0.05, 0.1) is 11.1 Å². The van der Waals surface area contributed by atoms with Crippen LogP contribution >= 0.6 is 0 Å². The van der Waals surface area contributed by atoms with Crippen molar-refractivity contribution in [3.8, 4) is 0 Å². The number of rotatable bonds is 3. The van der Waals surface area contributed by atoms with Gasteiger partial charge in [-0.3, -0.25) is 4.55 Å². The van der Waals surface area contributed by atoms with Gasteiger partial charge in [0.2, 0.25) is 0 Å². The smallest absolute Gasteiger partial charge is 0.338 e. The Morgan fingerprint density at radius 1 is 1.06 bits per heavy atom. The SMILES string of the molecule is O=C(O)c1cccc(S(=O)(=O)O)c1C(=O)O. The molecule has 0 saturated heterocycles. The highest BCUT2D eigenvalue weighted by Gasteiger charge is 2.25. The predicted octanol–water partition coefficient (Wildman–Crippen LogP) is 0.330. The molecule has 0 spiro atoms. The first-order chi connectivity index (χ1) is 7.25. The topological polar surface area (TPSA) is 129 Å². The fraction of sp³-hybridized carbons (Fsp3) is 0. The van der Waals surface area contributed by atoms with Crippen LogP contribution in [0.4, 0.5) is 0 Å². The molecular formula is C8H6O7S. The lowest BCUT2D eigenvalue weighted by atomic mass is 10.1. The second-order valence-electron chi connectivity index (χ2n) is 2.76. The summed E-state index contributed by atoms with van der Waals surface area (Å²) in [7, 11) is -4.78. The lowest BCUT2D eigenvalue weighted by molar-refractivity contribution is 0.0648. The van der Waals surface area contributed by atoms with Crippen LogP contribution in [0.1, 0.15) is 20.7 Å². The maximum Gasteiger partial charge on any atom is 0.338 e. The monoisotopic (exact) mass is 246 g/mol. The third kappa shape index (κ3) is 2.18. The Kier molecular flexibility index (Phi) is 2.97. The molecule has 0 radical (unpaired) electrons. The molecule has 86 valence electrons. The van der Waals surface area contributed by atoms with Gasteiger partial charge in [-0.15, -0.1) is 0 Å². The van der Waals surface area contributed by atoms with Crippen LogP contribution in [-0.2, 0) is 10.1 Å². The molecule has 0 aromatic heterocycles. The normalized spacial score (nSPS) is 11.1. The first-order valence-corrected chi connectivity index (χ1v) is 5.26. The van der Waals surface area contributed by atoms with Gasteiger partial charge in [-0.2, -0.15) is 8.42 Å². The van der Waals surface area contributed by atoms with Crippen molar-refractivity contribution in [1.82, 2.24) is 0 Å². The fourth-order valence-electron chi connectivity index (χ4n) is 1.14. The number of carboxylic acids is 2. The second kappa shape index (κ2) is 3.91. The number of hydrogen-bond acceptors (Lipinski definition) is 4. The molecule has 0 heterocycles. The van der Waals surface area contributed by atoms with Gasteiger partial charge in [0.25, 0.3) is 10.1 Å². The Labute approximate surface area is 89.7 Å². The van der Waals surface area contributed by atoms with E-state index in [0.717, 1.165) is 18.2 Å². The summed E-state index contributed by atoms with van der Waals surface area (Å²) in [4.78, 5) is 20.5. The molecular weight excluding hydrogens is 240 g/mol. The van der Waals surface area contributed by atoms with Crippen molar-refractivity contribution in [3.63, 3.8) is 0 Å². The first kappa shape index (κ1) is 12.1. The van der Waals surface area contributed by atoms with Crippen LogP contribution in [-0.4, -0.2) is 35.1 Å². The number of carboxylic acid groups (broad SMARTS) is 2. The minimum atomic E-state index is -4.78. The van der Waals surface area contributed by atoms with Crippen LogP contribution in [0, 0.1) is 0 Å². The summed E-state index contributed by atoms with van der Waals surface area (Å²) in [5.41, 5.74) is -1.67. The zero-order valence-corrected chi connectivity index (χ0v) is 8.43. The molecule has 3 N–H and O–H groups in total. The number of benzene rings is 1. The molecule has 1 aromatic carbocycles. The summed E-state index contributed by atoms with van der Waals surface area (Å²) in [5, 5.41) is 17.4. The van der Waals surface area contributed by atoms with Crippen molar-refractivity contribution in [2.45, 2.75) is 4.90 Å². The van der Waals surface area contributed by atoms with Crippen LogP contribution in [0.3, 0.4) is 0 Å². The van der Waals surface area contributed by atoms with Crippen molar-refractivity contribution in [1.29, 1.82) is 0 Å². The van der Waals surface area contributed by atoms with Gasteiger partial charge < -0.3 is 10.2 Å². The van der Waals surface area contributed by atoms with Gasteiger partial charge in [0, 0.05) is 0 Å². The summed E-state index contributed by atoms with van der Waals surface area (Å²) in [5.74, 6) is -3.34. The van der Waals surface area contributed by atoms with E-state index in [0.29, 0.717) is 0 Å². The zero-order chi connectivity index (χ0) is 12.5. The lowest BCUT2D eigenvalue weighted by Gasteiger charge is -2.05. The van der Waals surface area contributed by atoms with Gasteiger partial charge in [-0.05, 0) is 12.1 Å². The third-order valence-electron chi connectivity index (χ3n) is 1.75. The Balaban J connectivity index is 3.72. The molecule has 0 aliphatic heterocycles. The average Bonchev–Trinajstić information content (AvgIpc) is 2.14. The molecule has 0 bridgehead atoms. The molecule has 1 rings (SSSR count). The van der Waals surface area contributed by atoms with Gasteiger partial charge in [0.1, 0.15) is 4.90 Å². The molecule has 8 heteroatoms. The van der Waals surface area contributed by atoms with Gasteiger partial charge in [-0.1, -0.05) is 6.07 Å². The van der Waals surface area contributed by atoms with Crippen molar-refractivity contribution in [2.24, 2.45) is 0 Å². The first-order valence-electron chi connectivity index (χ1n) is 3.82. The number of aromatic carboxylic acids is 2. The summed E-state index contributed by atoms with van der Waals surface area (Å²) in [6.07, 6.45) is 0. The summed E-state index contributed by atoms with van der Waals surface area (Å²) in [6.45, 7) is 0. The Hall–Kier alpha value is -1.93. The van der Waals surface area contributed by atoms with Crippen LogP contribution in [0.5, 0.6) is 0 Å². The van der Waals surface area contributed by atoms with E-state index in [1.54, 1.807) is 0 Å². The van der Waals surface area contributed by atoms with Gasteiger partial charge >= 0.3 is 11.9 Å². The van der Waals surface area contributed by atoms with Crippen LogP contribution in [0.2, 0.25) is 0 Å². The summed E-state index contributed by atoms with van der Waals surface area (Å²) < 4.78 is 30.4. The van der Waals surface area contributed by atoms with Crippen molar-refractivity contribution >= 4 is 22.1 Å². The van der Waals surface area contributed by atoms with Crippen LogP contribution in [0.15, 0.2) is 23.1 Å². The Morgan fingerprint density at radius 2 is 1.62 bits per heavy atom. The molecule has 0 unspecified atom stereocenters. The van der Waals surface area contributed by atoms with E-state index in [4.69, 9.17) is 14.8 Å². The molecule has 7 nitrogen and oxygen atoms in total. The highest BCUT2D eigenvalue weighted by molar-refractivity contribution is 7.86. The molecule has 0 amide bonds. The summed E-state index contributed by atoms with van der Waals surface area (Å²) >= 11 is 0. The molecule has 1 aromatic rings. The quantitative estimate of drug-likeness (QED) is 0.655. The summed E-state index contributed by atoms with van der Waals surface area (Å²) in [6, 6.07) is 2.77. The number of hydrogen-bond donors (Lipinski definition) is 3. The van der Waals surface area contributed by atoms with E-state index < -0.39 is 38.1 Å². The fourth-order valence-corrected chi connectivity index (χ4v) is 1.85. The Morgan fingerprint density at radius 3 is 2.00 bits per heavy atom. The maximum absolute atomic E-state index is 10.8. The largest absolute Gasteiger partial charge is 0.478 e. The average molecular weight is 246 g/mol. The van der Waals surface area contributed by atoms with E-state index in [-0.39, 0.29) is 0 Å². The molecule has 16 heavy (non-hydrogen) atoms. The van der Waals surface area contributed by atoms with E-state index in [1.807, 2.05) is 0 Å². The Bertz CT molecular complexity index is 558. The lowest BCUT2D eigenvalue weighted by Crippen LogP contribution is -2.14. The van der Waals surface area contributed by atoms with Crippen LogP contribution < -0.4 is 0 Å². The molecule has 0 saturated carbocycles. The molecule has 0 fully saturated rings.